The fourth-order valence-corrected chi connectivity index (χ4v) is 3.75. The second-order valence-electron chi connectivity index (χ2n) is 5.51. The first kappa shape index (κ1) is 13.7. The third kappa shape index (κ3) is 2.39. The Kier molecular flexibility index (Phi) is 3.62. The summed E-state index contributed by atoms with van der Waals surface area (Å²) in [4.78, 5) is 13.9. The van der Waals surface area contributed by atoms with Gasteiger partial charge in [0.1, 0.15) is 16.5 Å². The highest BCUT2D eigenvalue weighted by Crippen LogP contribution is 2.32. The fourth-order valence-electron chi connectivity index (χ4n) is 2.70. The third-order valence-electron chi connectivity index (χ3n) is 4.09. The summed E-state index contributed by atoms with van der Waals surface area (Å²) in [5, 5.41) is 4.43. The number of nitrogens with one attached hydrogen (secondary N) is 1. The van der Waals surface area contributed by atoms with Crippen molar-refractivity contribution < 1.29 is 0 Å². The van der Waals surface area contributed by atoms with Crippen LogP contribution in [-0.4, -0.2) is 40.5 Å². The SMILES string of the molecule is Cc1sc2nc(CN3CCNCC3C)nc(N)c2c1C. The van der Waals surface area contributed by atoms with Gasteiger partial charge in [-0.05, 0) is 26.3 Å². The Morgan fingerprint density at radius 1 is 1.40 bits per heavy atom. The number of rotatable bonds is 2. The minimum Gasteiger partial charge on any atom is -0.383 e. The van der Waals surface area contributed by atoms with Gasteiger partial charge in [-0.1, -0.05) is 0 Å². The van der Waals surface area contributed by atoms with Crippen LogP contribution in [0.15, 0.2) is 0 Å². The topological polar surface area (TPSA) is 67.1 Å². The Morgan fingerprint density at radius 3 is 2.95 bits per heavy atom. The average Bonchev–Trinajstić information content (AvgIpc) is 2.68. The van der Waals surface area contributed by atoms with Crippen molar-refractivity contribution >= 4 is 27.4 Å². The molecule has 0 aromatic carbocycles. The number of aryl methyl sites for hydroxylation is 2. The van der Waals surface area contributed by atoms with Crippen LogP contribution in [0, 0.1) is 13.8 Å². The van der Waals surface area contributed by atoms with Crippen molar-refractivity contribution in [2.24, 2.45) is 0 Å². The lowest BCUT2D eigenvalue weighted by atomic mass is 10.2. The molecule has 0 radical (unpaired) electrons. The zero-order valence-corrected chi connectivity index (χ0v) is 13.0. The van der Waals surface area contributed by atoms with E-state index in [0.29, 0.717) is 11.9 Å². The molecule has 3 N–H and O–H groups in total. The molecule has 1 unspecified atom stereocenters. The largest absolute Gasteiger partial charge is 0.383 e. The van der Waals surface area contributed by atoms with Gasteiger partial charge in [-0.3, -0.25) is 4.90 Å². The standard InChI is InChI=1S/C14H21N5S/c1-8-6-16-4-5-19(8)7-11-17-13(15)12-9(2)10(3)20-14(12)18-11/h8,16H,4-7H2,1-3H3,(H2,15,17,18). The highest BCUT2D eigenvalue weighted by atomic mass is 32.1. The predicted molar refractivity (Wildman–Crippen MR) is 84.0 cm³/mol. The summed E-state index contributed by atoms with van der Waals surface area (Å²) in [5.41, 5.74) is 7.35. The van der Waals surface area contributed by atoms with E-state index in [-0.39, 0.29) is 0 Å². The summed E-state index contributed by atoms with van der Waals surface area (Å²) in [6, 6.07) is 0.510. The van der Waals surface area contributed by atoms with Crippen molar-refractivity contribution in [3.05, 3.63) is 16.3 Å². The zero-order valence-electron chi connectivity index (χ0n) is 12.2. The minimum absolute atomic E-state index is 0.510. The second kappa shape index (κ2) is 5.27. The lowest BCUT2D eigenvalue weighted by Gasteiger charge is -2.33. The van der Waals surface area contributed by atoms with Gasteiger partial charge in [0.15, 0.2) is 0 Å². The molecule has 0 aliphatic carbocycles. The maximum atomic E-state index is 6.14. The number of nitrogen functional groups attached to an aromatic ring is 1. The first-order chi connectivity index (χ1) is 9.56. The lowest BCUT2D eigenvalue weighted by Crippen LogP contribution is -2.49. The lowest BCUT2D eigenvalue weighted by molar-refractivity contribution is 0.162. The molecule has 6 heteroatoms. The van der Waals surface area contributed by atoms with E-state index in [4.69, 9.17) is 10.7 Å². The van der Waals surface area contributed by atoms with Crippen molar-refractivity contribution in [1.82, 2.24) is 20.2 Å². The van der Waals surface area contributed by atoms with Crippen LogP contribution in [0.1, 0.15) is 23.2 Å². The molecule has 1 aliphatic rings. The molecule has 1 atom stereocenters. The molecule has 3 rings (SSSR count). The molecule has 0 spiro atoms. The number of aromatic nitrogens is 2. The molecule has 1 aliphatic heterocycles. The first-order valence-corrected chi connectivity index (χ1v) is 7.84. The monoisotopic (exact) mass is 291 g/mol. The van der Waals surface area contributed by atoms with Crippen LogP contribution >= 0.6 is 11.3 Å². The van der Waals surface area contributed by atoms with Crippen LogP contribution < -0.4 is 11.1 Å². The van der Waals surface area contributed by atoms with Gasteiger partial charge >= 0.3 is 0 Å². The molecule has 108 valence electrons. The molecule has 0 bridgehead atoms. The predicted octanol–water partition coefficient (Wildman–Crippen LogP) is 1.68. The Balaban J connectivity index is 1.92. The molecular weight excluding hydrogens is 270 g/mol. The van der Waals surface area contributed by atoms with Gasteiger partial charge in [-0.25, -0.2) is 9.97 Å². The van der Waals surface area contributed by atoms with Crippen LogP contribution in [0.5, 0.6) is 0 Å². The summed E-state index contributed by atoms with van der Waals surface area (Å²) in [5.74, 6) is 1.46. The van der Waals surface area contributed by atoms with Gasteiger partial charge in [-0.15, -0.1) is 11.3 Å². The van der Waals surface area contributed by atoms with Gasteiger partial charge in [-0.2, -0.15) is 0 Å². The zero-order chi connectivity index (χ0) is 14.3. The van der Waals surface area contributed by atoms with Gasteiger partial charge in [0.05, 0.1) is 11.9 Å². The number of nitrogens with zero attached hydrogens (tertiary/aromatic N) is 3. The Morgan fingerprint density at radius 2 is 2.20 bits per heavy atom. The van der Waals surface area contributed by atoms with E-state index >= 15 is 0 Å². The highest BCUT2D eigenvalue weighted by Gasteiger charge is 2.20. The van der Waals surface area contributed by atoms with Crippen molar-refractivity contribution in [3.8, 4) is 0 Å². The number of hydrogen-bond donors (Lipinski definition) is 2. The van der Waals surface area contributed by atoms with Gasteiger partial charge in [0.25, 0.3) is 0 Å². The summed E-state index contributed by atoms with van der Waals surface area (Å²) in [7, 11) is 0. The molecule has 20 heavy (non-hydrogen) atoms. The Bertz CT molecular complexity index is 636. The van der Waals surface area contributed by atoms with Crippen molar-refractivity contribution in [2.45, 2.75) is 33.4 Å². The van der Waals surface area contributed by atoms with E-state index in [1.807, 2.05) is 0 Å². The fraction of sp³-hybridized carbons (Fsp3) is 0.571. The smallest absolute Gasteiger partial charge is 0.146 e. The van der Waals surface area contributed by atoms with Crippen LogP contribution in [-0.2, 0) is 6.54 Å². The highest BCUT2D eigenvalue weighted by molar-refractivity contribution is 7.18. The van der Waals surface area contributed by atoms with E-state index in [1.54, 1.807) is 11.3 Å². The number of thiophene rings is 1. The number of anilines is 1. The number of hydrogen-bond acceptors (Lipinski definition) is 6. The molecular formula is C14H21N5S. The molecule has 1 fully saturated rings. The molecule has 2 aromatic rings. The maximum Gasteiger partial charge on any atom is 0.146 e. The number of piperazine rings is 1. The minimum atomic E-state index is 0.510. The van der Waals surface area contributed by atoms with Gasteiger partial charge in [0, 0.05) is 30.6 Å². The van der Waals surface area contributed by atoms with Gasteiger partial charge < -0.3 is 11.1 Å². The maximum absolute atomic E-state index is 6.14. The molecule has 0 amide bonds. The van der Waals surface area contributed by atoms with Crippen LogP contribution in [0.25, 0.3) is 10.2 Å². The number of nitrogens with two attached hydrogens (primary N) is 1. The van der Waals surface area contributed by atoms with E-state index in [9.17, 15) is 0 Å². The second-order valence-corrected chi connectivity index (χ2v) is 6.72. The Hall–Kier alpha value is -1.24. The number of fused-ring (bicyclic) bond motifs is 1. The molecule has 0 saturated carbocycles. The molecule has 2 aromatic heterocycles. The van der Waals surface area contributed by atoms with E-state index in [1.165, 1.54) is 10.4 Å². The van der Waals surface area contributed by atoms with Crippen LogP contribution in [0.2, 0.25) is 0 Å². The summed E-state index contributed by atoms with van der Waals surface area (Å²) < 4.78 is 0. The summed E-state index contributed by atoms with van der Waals surface area (Å²) >= 11 is 1.71. The van der Waals surface area contributed by atoms with Gasteiger partial charge in [0.2, 0.25) is 0 Å². The summed E-state index contributed by atoms with van der Waals surface area (Å²) in [6.45, 7) is 10.3. The quantitative estimate of drug-likeness (QED) is 0.881. The summed E-state index contributed by atoms with van der Waals surface area (Å²) in [6.07, 6.45) is 0. The molecule has 1 saturated heterocycles. The van der Waals surface area contributed by atoms with E-state index in [0.717, 1.165) is 42.2 Å². The Labute approximate surface area is 123 Å². The third-order valence-corrected chi connectivity index (χ3v) is 5.19. The normalized spacial score (nSPS) is 20.6. The van der Waals surface area contributed by atoms with Crippen LogP contribution in [0.3, 0.4) is 0 Å². The van der Waals surface area contributed by atoms with Crippen molar-refractivity contribution in [3.63, 3.8) is 0 Å². The first-order valence-electron chi connectivity index (χ1n) is 7.03. The average molecular weight is 291 g/mol. The van der Waals surface area contributed by atoms with E-state index < -0.39 is 0 Å². The molecule has 3 heterocycles. The van der Waals surface area contributed by atoms with Crippen molar-refractivity contribution in [1.29, 1.82) is 0 Å². The van der Waals surface area contributed by atoms with Crippen LogP contribution in [0.4, 0.5) is 5.82 Å². The molecule has 5 nitrogen and oxygen atoms in total. The van der Waals surface area contributed by atoms with E-state index in [2.05, 4.69) is 36.0 Å². The van der Waals surface area contributed by atoms with Crippen molar-refractivity contribution in [2.75, 3.05) is 25.4 Å².